The molecule has 0 radical (unpaired) electrons. The average Bonchev–Trinajstić information content (AvgIpc) is 2.55. The van der Waals surface area contributed by atoms with Crippen LogP contribution < -0.4 is 0 Å². The number of benzene rings is 1. The second-order valence-electron chi connectivity index (χ2n) is 3.23. The quantitative estimate of drug-likeness (QED) is 0.652. The Balaban J connectivity index is 2.43. The van der Waals surface area contributed by atoms with Crippen LogP contribution in [-0.2, 0) is 0 Å². The summed E-state index contributed by atoms with van der Waals surface area (Å²) in [6, 6.07) is 6.10. The van der Waals surface area contributed by atoms with Crippen LogP contribution in [0.5, 0.6) is 0 Å². The summed E-state index contributed by atoms with van der Waals surface area (Å²) in [5.41, 5.74) is 2.95. The van der Waals surface area contributed by atoms with Gasteiger partial charge in [0.2, 0.25) is 0 Å². The molecule has 2 heterocycles. The SMILES string of the molecule is C1=Nc2ccc3cc[nH]c3c2N=CC1. The van der Waals surface area contributed by atoms with Crippen LogP contribution in [0, 0.1) is 0 Å². The van der Waals surface area contributed by atoms with E-state index in [2.05, 4.69) is 21.0 Å². The molecule has 1 aromatic heterocycles. The number of rotatable bonds is 0. The third-order valence-electron chi connectivity index (χ3n) is 2.34. The van der Waals surface area contributed by atoms with E-state index in [0.29, 0.717) is 0 Å². The second kappa shape index (κ2) is 2.80. The first-order valence-corrected chi connectivity index (χ1v) is 4.60. The molecule has 0 spiro atoms. The highest BCUT2D eigenvalue weighted by Crippen LogP contribution is 2.35. The van der Waals surface area contributed by atoms with Gasteiger partial charge in [-0.15, -0.1) is 0 Å². The summed E-state index contributed by atoms with van der Waals surface area (Å²) in [7, 11) is 0. The number of hydrogen-bond donors (Lipinski definition) is 1. The molecule has 0 atom stereocenters. The van der Waals surface area contributed by atoms with Crippen molar-refractivity contribution >= 4 is 34.7 Å². The zero-order valence-corrected chi connectivity index (χ0v) is 7.57. The summed E-state index contributed by atoms with van der Waals surface area (Å²) >= 11 is 0. The largest absolute Gasteiger partial charge is 0.359 e. The van der Waals surface area contributed by atoms with Crippen LogP contribution in [0.1, 0.15) is 6.42 Å². The van der Waals surface area contributed by atoms with Gasteiger partial charge in [-0.2, -0.15) is 0 Å². The van der Waals surface area contributed by atoms with Crippen LogP contribution in [0.4, 0.5) is 11.4 Å². The van der Waals surface area contributed by atoms with Gasteiger partial charge in [0.05, 0.1) is 11.2 Å². The highest BCUT2D eigenvalue weighted by atomic mass is 14.9. The van der Waals surface area contributed by atoms with Crippen molar-refractivity contribution in [2.24, 2.45) is 9.98 Å². The van der Waals surface area contributed by atoms with Gasteiger partial charge in [0.1, 0.15) is 5.69 Å². The normalized spacial score (nSPS) is 14.3. The van der Waals surface area contributed by atoms with Crippen LogP contribution in [0.25, 0.3) is 10.9 Å². The van der Waals surface area contributed by atoms with Gasteiger partial charge in [-0.1, -0.05) is 6.07 Å². The van der Waals surface area contributed by atoms with Gasteiger partial charge in [-0.3, -0.25) is 9.98 Å². The smallest absolute Gasteiger partial charge is 0.112 e. The molecular formula is C11H9N3. The third-order valence-corrected chi connectivity index (χ3v) is 2.34. The molecule has 0 bridgehead atoms. The van der Waals surface area contributed by atoms with Gasteiger partial charge >= 0.3 is 0 Å². The molecule has 0 unspecified atom stereocenters. The molecule has 0 aliphatic carbocycles. The lowest BCUT2D eigenvalue weighted by Gasteiger charge is -1.99. The average molecular weight is 183 g/mol. The lowest BCUT2D eigenvalue weighted by molar-refractivity contribution is 1.44. The molecule has 1 N–H and O–H groups in total. The predicted molar refractivity (Wildman–Crippen MR) is 59.2 cm³/mol. The molecule has 0 fully saturated rings. The number of aromatic nitrogens is 1. The molecule has 68 valence electrons. The Hall–Kier alpha value is -1.90. The molecule has 0 amide bonds. The van der Waals surface area contributed by atoms with Crippen LogP contribution >= 0.6 is 0 Å². The van der Waals surface area contributed by atoms with Gasteiger partial charge in [-0.05, 0) is 12.1 Å². The minimum Gasteiger partial charge on any atom is -0.359 e. The van der Waals surface area contributed by atoms with E-state index in [1.54, 1.807) is 0 Å². The van der Waals surface area contributed by atoms with Crippen molar-refractivity contribution in [3.63, 3.8) is 0 Å². The molecule has 3 heteroatoms. The summed E-state index contributed by atoms with van der Waals surface area (Å²) in [6.45, 7) is 0. The maximum Gasteiger partial charge on any atom is 0.112 e. The van der Waals surface area contributed by atoms with E-state index in [0.717, 1.165) is 23.3 Å². The number of aromatic amines is 1. The van der Waals surface area contributed by atoms with E-state index in [1.807, 2.05) is 30.8 Å². The third kappa shape index (κ3) is 0.988. The summed E-state index contributed by atoms with van der Waals surface area (Å²) in [5, 5.41) is 1.18. The maximum atomic E-state index is 4.41. The fourth-order valence-electron chi connectivity index (χ4n) is 1.68. The molecule has 2 aromatic rings. The highest BCUT2D eigenvalue weighted by molar-refractivity contribution is 5.99. The van der Waals surface area contributed by atoms with Crippen molar-refractivity contribution in [2.45, 2.75) is 6.42 Å². The van der Waals surface area contributed by atoms with Crippen LogP contribution in [0.2, 0.25) is 0 Å². The Morgan fingerprint density at radius 1 is 1.07 bits per heavy atom. The van der Waals surface area contributed by atoms with Crippen molar-refractivity contribution in [3.8, 4) is 0 Å². The number of hydrogen-bond acceptors (Lipinski definition) is 2. The molecule has 1 aromatic carbocycles. The first-order chi connectivity index (χ1) is 6.95. The summed E-state index contributed by atoms with van der Waals surface area (Å²) in [6.07, 6.45) is 6.49. The highest BCUT2D eigenvalue weighted by Gasteiger charge is 2.07. The van der Waals surface area contributed by atoms with Gasteiger partial charge in [0.25, 0.3) is 0 Å². The number of fused-ring (bicyclic) bond motifs is 3. The number of nitrogens with one attached hydrogen (secondary N) is 1. The standard InChI is InChI=1S/C11H9N3/c1-5-12-9-3-2-8-4-7-14-10(8)11(9)13-6-1/h2-7,14H,1H2. The van der Waals surface area contributed by atoms with E-state index < -0.39 is 0 Å². The Bertz CT molecular complexity index is 534. The van der Waals surface area contributed by atoms with E-state index in [-0.39, 0.29) is 0 Å². The van der Waals surface area contributed by atoms with Gasteiger partial charge in [-0.25, -0.2) is 0 Å². The summed E-state index contributed by atoms with van der Waals surface area (Å²) in [4.78, 5) is 11.9. The van der Waals surface area contributed by atoms with Crippen molar-refractivity contribution < 1.29 is 0 Å². The van der Waals surface area contributed by atoms with Crippen molar-refractivity contribution in [1.82, 2.24) is 4.98 Å². The van der Waals surface area contributed by atoms with Gasteiger partial charge < -0.3 is 4.98 Å². The monoisotopic (exact) mass is 183 g/mol. The molecule has 0 saturated carbocycles. The minimum absolute atomic E-state index is 0.802. The Morgan fingerprint density at radius 2 is 2.00 bits per heavy atom. The topological polar surface area (TPSA) is 40.5 Å². The van der Waals surface area contributed by atoms with Crippen LogP contribution in [0.15, 0.2) is 34.4 Å². The van der Waals surface area contributed by atoms with Crippen molar-refractivity contribution in [3.05, 3.63) is 24.4 Å². The summed E-state index contributed by atoms with van der Waals surface area (Å²) < 4.78 is 0. The fourth-order valence-corrected chi connectivity index (χ4v) is 1.68. The molecule has 1 aliphatic rings. The number of H-pyrrole nitrogens is 1. The van der Waals surface area contributed by atoms with Crippen LogP contribution in [-0.4, -0.2) is 17.4 Å². The molecular weight excluding hydrogens is 174 g/mol. The Kier molecular flexibility index (Phi) is 1.50. The first-order valence-electron chi connectivity index (χ1n) is 4.60. The zero-order chi connectivity index (χ0) is 9.38. The zero-order valence-electron chi connectivity index (χ0n) is 7.57. The maximum absolute atomic E-state index is 4.41. The number of aliphatic imine (C=N–C) groups is 2. The van der Waals surface area contributed by atoms with Crippen molar-refractivity contribution in [2.75, 3.05) is 0 Å². The molecule has 14 heavy (non-hydrogen) atoms. The van der Waals surface area contributed by atoms with E-state index in [4.69, 9.17) is 0 Å². The Morgan fingerprint density at radius 3 is 3.00 bits per heavy atom. The first kappa shape index (κ1) is 7.50. The minimum atomic E-state index is 0.802. The molecule has 3 nitrogen and oxygen atoms in total. The Labute approximate surface area is 81.2 Å². The molecule has 1 aliphatic heterocycles. The van der Waals surface area contributed by atoms with Gasteiger partial charge in [0, 0.05) is 30.4 Å². The van der Waals surface area contributed by atoms with Gasteiger partial charge in [0.15, 0.2) is 0 Å². The lowest BCUT2D eigenvalue weighted by atomic mass is 10.2. The van der Waals surface area contributed by atoms with E-state index >= 15 is 0 Å². The molecule has 3 rings (SSSR count). The van der Waals surface area contributed by atoms with Crippen LogP contribution in [0.3, 0.4) is 0 Å². The van der Waals surface area contributed by atoms with Crippen molar-refractivity contribution in [1.29, 1.82) is 0 Å². The fraction of sp³-hybridized carbons (Fsp3) is 0.0909. The summed E-state index contributed by atoms with van der Waals surface area (Å²) in [5.74, 6) is 0. The lowest BCUT2D eigenvalue weighted by Crippen LogP contribution is -1.72. The number of nitrogens with zero attached hydrogens (tertiary/aromatic N) is 2. The van der Waals surface area contributed by atoms with E-state index in [1.165, 1.54) is 5.39 Å². The predicted octanol–water partition coefficient (Wildman–Crippen LogP) is 2.98. The van der Waals surface area contributed by atoms with E-state index in [9.17, 15) is 0 Å². The second-order valence-corrected chi connectivity index (χ2v) is 3.23. The molecule has 0 saturated heterocycles.